The van der Waals surface area contributed by atoms with Crippen LogP contribution < -0.4 is 4.90 Å². The number of rotatable bonds is 7. The number of aromatic nitrogens is 1. The lowest BCUT2D eigenvalue weighted by Crippen LogP contribution is -2.39. The molecule has 3 aromatic rings. The fraction of sp³-hybridized carbons (Fsp3) is 0.514. The van der Waals surface area contributed by atoms with Crippen molar-refractivity contribution in [1.82, 2.24) is 9.88 Å². The van der Waals surface area contributed by atoms with Crippen LogP contribution in [0.1, 0.15) is 92.8 Å². The van der Waals surface area contributed by atoms with Crippen LogP contribution in [0.4, 0.5) is 23.2 Å². The summed E-state index contributed by atoms with van der Waals surface area (Å²) in [6, 6.07) is 9.42. The zero-order valence-corrected chi connectivity index (χ0v) is 28.3. The van der Waals surface area contributed by atoms with Gasteiger partial charge in [-0.05, 0) is 93.7 Å². The molecule has 10 heteroatoms. The van der Waals surface area contributed by atoms with Crippen LogP contribution in [-0.4, -0.2) is 46.2 Å². The number of aliphatic carboxylic acids is 1. The number of benzene rings is 2. The standard InChI is InChI=1S/C37H45F4N3O3/c1-22-30(32(44-16-13-36(6,7)14-17-44)31(23(2)42-22)33(34(45)46)47-35(3,4)5)26-9-10-27-21-43(15-12-25(27)19-26)20-24-8-11-29(38)28(18-24)37(39,40)41/h8-11,18-19,33H,12-17,20-21H2,1-7H3,(H,45,46). The molecule has 5 rings (SSSR count). The molecule has 2 aliphatic rings. The lowest BCUT2D eigenvalue weighted by atomic mass is 9.81. The summed E-state index contributed by atoms with van der Waals surface area (Å²) in [4.78, 5) is 22.0. The molecule has 0 saturated carbocycles. The molecular formula is C37H45F4N3O3. The van der Waals surface area contributed by atoms with E-state index in [1.54, 1.807) is 0 Å². The Kier molecular flexibility index (Phi) is 9.51. The van der Waals surface area contributed by atoms with Crippen molar-refractivity contribution >= 4 is 11.7 Å². The Hall–Kier alpha value is -3.50. The molecule has 3 heterocycles. The van der Waals surface area contributed by atoms with Gasteiger partial charge in [-0.2, -0.15) is 13.2 Å². The number of piperidine rings is 1. The molecule has 0 aliphatic carbocycles. The SMILES string of the molecule is Cc1nc(C)c(C(OC(C)(C)C)C(=O)O)c(N2CCC(C)(C)CC2)c1-c1ccc2c(c1)CCN(Cc1ccc(F)c(C(F)(F)F)c1)C2. The number of aryl methyl sites for hydroxylation is 2. The molecule has 1 saturated heterocycles. The van der Waals surface area contributed by atoms with Gasteiger partial charge in [-0.25, -0.2) is 9.18 Å². The van der Waals surface area contributed by atoms with E-state index in [9.17, 15) is 27.5 Å². The van der Waals surface area contributed by atoms with Gasteiger partial charge >= 0.3 is 12.1 Å². The first-order valence-electron chi connectivity index (χ1n) is 16.2. The first-order valence-corrected chi connectivity index (χ1v) is 16.2. The lowest BCUT2D eigenvalue weighted by molar-refractivity contribution is -0.160. The van der Waals surface area contributed by atoms with Crippen LogP contribution in [0, 0.1) is 25.1 Å². The highest BCUT2D eigenvalue weighted by Crippen LogP contribution is 2.45. The third-order valence-corrected chi connectivity index (χ3v) is 9.30. The van der Waals surface area contributed by atoms with Crippen LogP contribution in [0.5, 0.6) is 0 Å². The number of anilines is 1. The van der Waals surface area contributed by atoms with E-state index >= 15 is 0 Å². The predicted molar refractivity (Wildman–Crippen MR) is 175 cm³/mol. The smallest absolute Gasteiger partial charge is 0.419 e. The number of alkyl halides is 3. The minimum absolute atomic E-state index is 0.183. The average Bonchev–Trinajstić information content (AvgIpc) is 2.95. The lowest BCUT2D eigenvalue weighted by Gasteiger charge is -2.41. The number of hydrogen-bond donors (Lipinski definition) is 1. The molecule has 0 amide bonds. The average molecular weight is 656 g/mol. The molecule has 47 heavy (non-hydrogen) atoms. The molecule has 1 aromatic heterocycles. The Balaban J connectivity index is 1.53. The van der Waals surface area contributed by atoms with E-state index in [1.165, 1.54) is 6.07 Å². The zero-order chi connectivity index (χ0) is 34.5. The van der Waals surface area contributed by atoms with Crippen molar-refractivity contribution in [2.45, 2.75) is 98.7 Å². The molecule has 1 N–H and O–H groups in total. The number of carbonyl (C=O) groups is 1. The topological polar surface area (TPSA) is 65.9 Å². The normalized spacial score (nSPS) is 17.8. The second kappa shape index (κ2) is 12.8. The van der Waals surface area contributed by atoms with Crippen LogP contribution in [0.3, 0.4) is 0 Å². The number of carboxylic acids is 1. The molecule has 1 unspecified atom stereocenters. The highest BCUT2D eigenvalue weighted by atomic mass is 19.4. The van der Waals surface area contributed by atoms with Crippen LogP contribution in [0.2, 0.25) is 0 Å². The van der Waals surface area contributed by atoms with Crippen molar-refractivity contribution in [3.63, 3.8) is 0 Å². The molecular weight excluding hydrogens is 610 g/mol. The maximum Gasteiger partial charge on any atom is 0.419 e. The molecule has 1 atom stereocenters. The van der Waals surface area contributed by atoms with E-state index in [-0.39, 0.29) is 12.0 Å². The molecule has 0 radical (unpaired) electrons. The largest absolute Gasteiger partial charge is 0.479 e. The van der Waals surface area contributed by atoms with E-state index in [4.69, 9.17) is 9.72 Å². The highest BCUT2D eigenvalue weighted by molar-refractivity contribution is 5.88. The Bertz CT molecular complexity index is 1650. The van der Waals surface area contributed by atoms with Gasteiger partial charge in [0, 0.05) is 55.2 Å². The van der Waals surface area contributed by atoms with Gasteiger partial charge in [-0.15, -0.1) is 0 Å². The molecule has 0 bridgehead atoms. The summed E-state index contributed by atoms with van der Waals surface area (Å²) in [5, 5.41) is 10.5. The first-order chi connectivity index (χ1) is 21.8. The molecule has 2 aromatic carbocycles. The van der Waals surface area contributed by atoms with Gasteiger partial charge in [-0.1, -0.05) is 38.1 Å². The summed E-state index contributed by atoms with van der Waals surface area (Å²) in [5.74, 6) is -2.33. The summed E-state index contributed by atoms with van der Waals surface area (Å²) in [7, 11) is 0. The second-order valence-electron chi connectivity index (χ2n) is 14.8. The Morgan fingerprint density at radius 3 is 2.30 bits per heavy atom. The van der Waals surface area contributed by atoms with Crippen molar-refractivity contribution < 1.29 is 32.2 Å². The monoisotopic (exact) mass is 655 g/mol. The molecule has 254 valence electrons. The van der Waals surface area contributed by atoms with E-state index in [1.807, 2.05) is 46.8 Å². The Morgan fingerprint density at radius 1 is 1.00 bits per heavy atom. The number of fused-ring (bicyclic) bond motifs is 1. The number of halogens is 4. The van der Waals surface area contributed by atoms with Crippen molar-refractivity contribution in [2.75, 3.05) is 24.5 Å². The summed E-state index contributed by atoms with van der Waals surface area (Å²) >= 11 is 0. The third kappa shape index (κ3) is 7.81. The van der Waals surface area contributed by atoms with Gasteiger partial charge in [0.1, 0.15) is 5.82 Å². The van der Waals surface area contributed by atoms with Crippen molar-refractivity contribution in [2.24, 2.45) is 5.41 Å². The zero-order valence-electron chi connectivity index (χ0n) is 28.3. The van der Waals surface area contributed by atoms with Gasteiger partial charge in [0.05, 0.1) is 16.9 Å². The van der Waals surface area contributed by atoms with Crippen LogP contribution in [-0.2, 0) is 35.2 Å². The third-order valence-electron chi connectivity index (χ3n) is 9.30. The van der Waals surface area contributed by atoms with Crippen molar-refractivity contribution in [1.29, 1.82) is 0 Å². The van der Waals surface area contributed by atoms with Gasteiger partial charge in [0.25, 0.3) is 0 Å². The van der Waals surface area contributed by atoms with Crippen LogP contribution >= 0.6 is 0 Å². The maximum absolute atomic E-state index is 13.9. The van der Waals surface area contributed by atoms with Gasteiger partial charge < -0.3 is 14.7 Å². The van der Waals surface area contributed by atoms with Gasteiger partial charge in [-0.3, -0.25) is 9.88 Å². The fourth-order valence-corrected chi connectivity index (χ4v) is 6.80. The van der Waals surface area contributed by atoms with Crippen molar-refractivity contribution in [3.05, 3.63) is 81.4 Å². The van der Waals surface area contributed by atoms with Gasteiger partial charge in [0.15, 0.2) is 6.10 Å². The number of nitrogens with zero attached hydrogens (tertiary/aromatic N) is 3. The molecule has 6 nitrogen and oxygen atoms in total. The first kappa shape index (κ1) is 34.8. The summed E-state index contributed by atoms with van der Waals surface area (Å²) in [6.07, 6.45) is -3.35. The number of pyridine rings is 1. The highest BCUT2D eigenvalue weighted by Gasteiger charge is 2.37. The van der Waals surface area contributed by atoms with E-state index in [0.29, 0.717) is 36.3 Å². The summed E-state index contributed by atoms with van der Waals surface area (Å²) in [6.45, 7) is 16.9. The number of hydrogen-bond acceptors (Lipinski definition) is 5. The minimum atomic E-state index is -4.75. The predicted octanol–water partition coefficient (Wildman–Crippen LogP) is 8.65. The molecule has 0 spiro atoms. The van der Waals surface area contributed by atoms with E-state index < -0.39 is 35.2 Å². The molecule has 2 aliphatic heterocycles. The number of ether oxygens (including phenoxy) is 1. The van der Waals surface area contributed by atoms with Gasteiger partial charge in [0.2, 0.25) is 0 Å². The summed E-state index contributed by atoms with van der Waals surface area (Å²) in [5.41, 5.74) is 5.54. The molecule has 1 fully saturated rings. The van der Waals surface area contributed by atoms with E-state index in [0.717, 1.165) is 71.7 Å². The summed E-state index contributed by atoms with van der Waals surface area (Å²) < 4.78 is 59.9. The Morgan fingerprint density at radius 2 is 1.68 bits per heavy atom. The fourth-order valence-electron chi connectivity index (χ4n) is 6.80. The van der Waals surface area contributed by atoms with Crippen molar-refractivity contribution in [3.8, 4) is 11.1 Å². The van der Waals surface area contributed by atoms with E-state index in [2.05, 4.69) is 29.7 Å². The number of carboxylic acid groups (broad SMARTS) is 1. The quantitative estimate of drug-likeness (QED) is 0.257. The Labute approximate surface area is 274 Å². The maximum atomic E-state index is 13.9. The van der Waals surface area contributed by atoms with Crippen LogP contribution in [0.25, 0.3) is 11.1 Å². The second-order valence-corrected chi connectivity index (χ2v) is 14.8. The van der Waals surface area contributed by atoms with Crippen LogP contribution in [0.15, 0.2) is 36.4 Å². The minimum Gasteiger partial charge on any atom is -0.479 e.